The summed E-state index contributed by atoms with van der Waals surface area (Å²) < 4.78 is 33.2. The Balaban J connectivity index is 1.82. The first-order chi connectivity index (χ1) is 15.3. The summed E-state index contributed by atoms with van der Waals surface area (Å²) in [6, 6.07) is 19.5. The molecule has 6 nitrogen and oxygen atoms in total. The molecule has 1 amide bonds. The van der Waals surface area contributed by atoms with Crippen molar-refractivity contribution in [2.45, 2.75) is 18.4 Å². The quantitative estimate of drug-likeness (QED) is 0.460. The number of hydrogen-bond donors (Lipinski definition) is 1. The predicted octanol–water partition coefficient (Wildman–Crippen LogP) is 4.90. The minimum atomic E-state index is -4.00. The number of hydrogen-bond acceptors (Lipinski definition) is 4. The number of nitrogens with zero attached hydrogens (tertiary/aromatic N) is 1. The third kappa shape index (κ3) is 5.94. The summed E-state index contributed by atoms with van der Waals surface area (Å²) in [5.41, 5.74) is 1.05. The van der Waals surface area contributed by atoms with Gasteiger partial charge in [-0.1, -0.05) is 47.5 Å². The van der Waals surface area contributed by atoms with Crippen molar-refractivity contribution in [3.63, 3.8) is 0 Å². The van der Waals surface area contributed by atoms with Gasteiger partial charge >= 0.3 is 0 Å². The highest BCUT2D eigenvalue weighted by Gasteiger charge is 2.27. The second-order valence-corrected chi connectivity index (χ2v) is 9.47. The van der Waals surface area contributed by atoms with Crippen LogP contribution in [0.25, 0.3) is 0 Å². The van der Waals surface area contributed by atoms with Gasteiger partial charge in [0.2, 0.25) is 5.91 Å². The Morgan fingerprint density at radius 3 is 2.31 bits per heavy atom. The summed E-state index contributed by atoms with van der Waals surface area (Å²) in [6.07, 6.45) is 0. The molecule has 0 heterocycles. The maximum Gasteiger partial charge on any atom is 0.264 e. The molecule has 3 aromatic carbocycles. The summed E-state index contributed by atoms with van der Waals surface area (Å²) in [6.45, 7) is 2.06. The number of ether oxygens (including phenoxy) is 1. The Bertz CT molecular complexity index is 1170. The molecule has 32 heavy (non-hydrogen) atoms. The van der Waals surface area contributed by atoms with Crippen LogP contribution in [0.3, 0.4) is 0 Å². The fourth-order valence-corrected chi connectivity index (χ4v) is 4.85. The predicted molar refractivity (Wildman–Crippen MR) is 127 cm³/mol. The Morgan fingerprint density at radius 1 is 1.00 bits per heavy atom. The largest absolute Gasteiger partial charge is 0.494 e. The molecule has 3 aromatic rings. The lowest BCUT2D eigenvalue weighted by atomic mass is 10.2. The number of sulfonamides is 1. The van der Waals surface area contributed by atoms with E-state index in [9.17, 15) is 13.2 Å². The molecule has 0 fully saturated rings. The van der Waals surface area contributed by atoms with E-state index in [1.807, 2.05) is 6.92 Å². The van der Waals surface area contributed by atoms with E-state index in [-0.39, 0.29) is 11.4 Å². The molecule has 0 saturated heterocycles. The fraction of sp³-hybridized carbons (Fsp3) is 0.174. The number of anilines is 1. The fourth-order valence-electron chi connectivity index (χ4n) is 2.96. The van der Waals surface area contributed by atoms with E-state index in [0.717, 1.165) is 4.31 Å². The lowest BCUT2D eigenvalue weighted by Crippen LogP contribution is -2.40. The zero-order valence-corrected chi connectivity index (χ0v) is 19.6. The average molecular weight is 493 g/mol. The highest BCUT2D eigenvalue weighted by molar-refractivity contribution is 7.92. The number of carbonyl (C=O) groups is 1. The van der Waals surface area contributed by atoms with Crippen molar-refractivity contribution in [2.24, 2.45) is 0 Å². The van der Waals surface area contributed by atoms with E-state index in [0.29, 0.717) is 33.7 Å². The molecule has 9 heteroatoms. The molecule has 0 unspecified atom stereocenters. The van der Waals surface area contributed by atoms with Crippen LogP contribution in [0.4, 0.5) is 5.69 Å². The summed E-state index contributed by atoms with van der Waals surface area (Å²) in [5.74, 6) is 0.0877. The minimum absolute atomic E-state index is 0.0540. The van der Waals surface area contributed by atoms with Gasteiger partial charge in [0.15, 0.2) is 0 Å². The normalized spacial score (nSPS) is 11.1. The van der Waals surface area contributed by atoms with Crippen LogP contribution in [0, 0.1) is 0 Å². The van der Waals surface area contributed by atoms with Crippen LogP contribution >= 0.6 is 23.2 Å². The second kappa shape index (κ2) is 10.7. The first-order valence-electron chi connectivity index (χ1n) is 9.82. The van der Waals surface area contributed by atoms with Crippen molar-refractivity contribution >= 4 is 44.8 Å². The molecule has 0 aromatic heterocycles. The maximum absolute atomic E-state index is 13.4. The van der Waals surface area contributed by atoms with Crippen LogP contribution in [-0.4, -0.2) is 27.5 Å². The SMILES string of the molecule is CCOc1ccc(S(=O)(=O)N(CC(=O)NCc2ccc(Cl)cc2Cl)c2ccccc2)cc1. The number of rotatable bonds is 9. The monoisotopic (exact) mass is 492 g/mol. The van der Waals surface area contributed by atoms with Gasteiger partial charge < -0.3 is 10.1 Å². The molecule has 0 atom stereocenters. The number of para-hydroxylation sites is 1. The van der Waals surface area contributed by atoms with E-state index in [1.165, 1.54) is 12.1 Å². The van der Waals surface area contributed by atoms with Gasteiger partial charge in [0.05, 0.1) is 17.2 Å². The Morgan fingerprint density at radius 2 is 1.69 bits per heavy atom. The molecule has 0 saturated carbocycles. The number of carbonyl (C=O) groups excluding carboxylic acids is 1. The first kappa shape index (κ1) is 23.9. The molecule has 0 aliphatic heterocycles. The first-order valence-corrected chi connectivity index (χ1v) is 12.0. The zero-order chi connectivity index (χ0) is 23.1. The van der Waals surface area contributed by atoms with E-state index in [1.54, 1.807) is 60.7 Å². The third-order valence-electron chi connectivity index (χ3n) is 4.55. The Kier molecular flexibility index (Phi) is 8.01. The van der Waals surface area contributed by atoms with Crippen molar-refractivity contribution < 1.29 is 17.9 Å². The van der Waals surface area contributed by atoms with Crippen molar-refractivity contribution in [1.82, 2.24) is 5.32 Å². The lowest BCUT2D eigenvalue weighted by Gasteiger charge is -2.24. The molecule has 0 bridgehead atoms. The van der Waals surface area contributed by atoms with Crippen molar-refractivity contribution in [3.05, 3.63) is 88.4 Å². The molecule has 1 N–H and O–H groups in total. The van der Waals surface area contributed by atoms with Gasteiger partial charge in [-0.3, -0.25) is 9.10 Å². The van der Waals surface area contributed by atoms with Crippen LogP contribution in [0.15, 0.2) is 77.7 Å². The van der Waals surface area contributed by atoms with Gasteiger partial charge in [0.25, 0.3) is 10.0 Å². The van der Waals surface area contributed by atoms with Crippen molar-refractivity contribution in [3.8, 4) is 5.75 Å². The summed E-state index contributed by atoms with van der Waals surface area (Å²) in [4.78, 5) is 12.7. The van der Waals surface area contributed by atoms with Crippen LogP contribution in [0.2, 0.25) is 10.0 Å². The number of benzene rings is 3. The average Bonchev–Trinajstić information content (AvgIpc) is 2.78. The van der Waals surface area contributed by atoms with Crippen LogP contribution in [0.5, 0.6) is 5.75 Å². The Labute approximate surface area is 197 Å². The van der Waals surface area contributed by atoms with Gasteiger partial charge in [-0.2, -0.15) is 0 Å². The highest BCUT2D eigenvalue weighted by Crippen LogP contribution is 2.25. The third-order valence-corrected chi connectivity index (χ3v) is 6.92. The van der Waals surface area contributed by atoms with Crippen LogP contribution in [0.1, 0.15) is 12.5 Å². The molecular weight excluding hydrogens is 471 g/mol. The zero-order valence-electron chi connectivity index (χ0n) is 17.3. The molecule has 3 rings (SSSR count). The van der Waals surface area contributed by atoms with Crippen LogP contribution in [-0.2, 0) is 21.4 Å². The number of nitrogens with one attached hydrogen (secondary N) is 1. The van der Waals surface area contributed by atoms with E-state index >= 15 is 0 Å². The number of amides is 1. The van der Waals surface area contributed by atoms with Crippen LogP contribution < -0.4 is 14.4 Å². The van der Waals surface area contributed by atoms with Gasteiger partial charge in [-0.05, 0) is 61.0 Å². The van der Waals surface area contributed by atoms with Crippen molar-refractivity contribution in [1.29, 1.82) is 0 Å². The highest BCUT2D eigenvalue weighted by atomic mass is 35.5. The molecule has 0 radical (unpaired) electrons. The van der Waals surface area contributed by atoms with Gasteiger partial charge in [-0.25, -0.2) is 8.42 Å². The summed E-state index contributed by atoms with van der Waals surface area (Å²) in [5, 5.41) is 3.62. The van der Waals surface area contributed by atoms with Gasteiger partial charge in [0.1, 0.15) is 12.3 Å². The molecule has 168 valence electrons. The lowest BCUT2D eigenvalue weighted by molar-refractivity contribution is -0.119. The molecule has 0 aliphatic carbocycles. The topological polar surface area (TPSA) is 75.7 Å². The van der Waals surface area contributed by atoms with Gasteiger partial charge in [0, 0.05) is 16.6 Å². The minimum Gasteiger partial charge on any atom is -0.494 e. The molecule has 0 spiro atoms. The van der Waals surface area contributed by atoms with E-state index in [4.69, 9.17) is 27.9 Å². The second-order valence-electron chi connectivity index (χ2n) is 6.76. The Hall–Kier alpha value is -2.74. The smallest absolute Gasteiger partial charge is 0.264 e. The molecule has 0 aliphatic rings. The van der Waals surface area contributed by atoms with E-state index < -0.39 is 22.5 Å². The standard InChI is InChI=1S/C23H22Cl2N2O4S/c1-2-31-20-10-12-21(13-11-20)32(29,30)27(19-6-4-3-5-7-19)16-23(28)26-15-17-8-9-18(24)14-22(17)25/h3-14H,2,15-16H2,1H3,(H,26,28). The molecular formula is C23H22Cl2N2O4S. The summed E-state index contributed by atoms with van der Waals surface area (Å²) in [7, 11) is -4.00. The van der Waals surface area contributed by atoms with Crippen molar-refractivity contribution in [2.75, 3.05) is 17.5 Å². The summed E-state index contributed by atoms with van der Waals surface area (Å²) >= 11 is 12.0. The van der Waals surface area contributed by atoms with E-state index in [2.05, 4.69) is 5.32 Å². The number of halogens is 2. The van der Waals surface area contributed by atoms with Gasteiger partial charge in [-0.15, -0.1) is 0 Å². The maximum atomic E-state index is 13.4.